The van der Waals surface area contributed by atoms with Gasteiger partial charge >= 0.3 is 0 Å². The quantitative estimate of drug-likeness (QED) is 0.772. The van der Waals surface area contributed by atoms with Crippen molar-refractivity contribution < 1.29 is 4.79 Å². The molecule has 3 aromatic heterocycles. The van der Waals surface area contributed by atoms with Gasteiger partial charge in [-0.05, 0) is 25.0 Å². The third kappa shape index (κ3) is 2.90. The van der Waals surface area contributed by atoms with Crippen molar-refractivity contribution in [1.29, 1.82) is 0 Å². The van der Waals surface area contributed by atoms with E-state index < -0.39 is 0 Å². The molecule has 0 aliphatic carbocycles. The van der Waals surface area contributed by atoms with Crippen LogP contribution in [-0.2, 0) is 6.54 Å². The van der Waals surface area contributed by atoms with Gasteiger partial charge in [-0.25, -0.2) is 9.97 Å². The standard InChI is InChI=1S/C16H17N7O/c24-15(13-3-4-14(21-20-13)22-6-1-2-7-22)18-9-12-10-19-16-17-5-8-23(16)11-12/h3-5,8,10-11H,1-2,6-7,9H2,(H,18,24). The molecule has 8 heteroatoms. The molecule has 0 spiro atoms. The first-order valence-electron chi connectivity index (χ1n) is 7.94. The molecule has 122 valence electrons. The Morgan fingerprint density at radius 2 is 2.04 bits per heavy atom. The Kier molecular flexibility index (Phi) is 3.78. The van der Waals surface area contributed by atoms with Gasteiger partial charge in [0.1, 0.15) is 0 Å². The van der Waals surface area contributed by atoms with Gasteiger partial charge in [-0.3, -0.25) is 9.20 Å². The highest BCUT2D eigenvalue weighted by Gasteiger charge is 2.15. The molecule has 0 unspecified atom stereocenters. The number of hydrogen-bond acceptors (Lipinski definition) is 6. The molecule has 1 aliphatic rings. The van der Waals surface area contributed by atoms with Crippen molar-refractivity contribution in [3.63, 3.8) is 0 Å². The second-order valence-electron chi connectivity index (χ2n) is 5.75. The van der Waals surface area contributed by atoms with E-state index in [-0.39, 0.29) is 5.91 Å². The fraction of sp³-hybridized carbons (Fsp3) is 0.312. The van der Waals surface area contributed by atoms with E-state index in [2.05, 4.69) is 30.4 Å². The van der Waals surface area contributed by atoms with Crippen LogP contribution in [0.25, 0.3) is 5.78 Å². The molecule has 0 bridgehead atoms. The average Bonchev–Trinajstić information content (AvgIpc) is 3.31. The zero-order chi connectivity index (χ0) is 16.4. The van der Waals surface area contributed by atoms with Crippen LogP contribution in [0.15, 0.2) is 36.9 Å². The Hall–Kier alpha value is -3.03. The van der Waals surface area contributed by atoms with Gasteiger partial charge in [0.05, 0.1) is 0 Å². The van der Waals surface area contributed by atoms with Gasteiger partial charge in [-0.2, -0.15) is 0 Å². The molecule has 0 radical (unpaired) electrons. The Morgan fingerprint density at radius 1 is 1.17 bits per heavy atom. The lowest BCUT2D eigenvalue weighted by Gasteiger charge is -2.15. The Morgan fingerprint density at radius 3 is 2.83 bits per heavy atom. The van der Waals surface area contributed by atoms with E-state index in [1.165, 1.54) is 12.8 Å². The monoisotopic (exact) mass is 323 g/mol. The summed E-state index contributed by atoms with van der Waals surface area (Å²) in [6.45, 7) is 2.38. The molecule has 24 heavy (non-hydrogen) atoms. The number of anilines is 1. The molecule has 0 saturated carbocycles. The average molecular weight is 323 g/mol. The molecule has 0 atom stereocenters. The van der Waals surface area contributed by atoms with Crippen LogP contribution in [-0.4, -0.2) is 43.6 Å². The van der Waals surface area contributed by atoms with Crippen LogP contribution >= 0.6 is 0 Å². The molecule has 3 aromatic rings. The summed E-state index contributed by atoms with van der Waals surface area (Å²) in [7, 11) is 0. The maximum Gasteiger partial charge on any atom is 0.272 e. The minimum Gasteiger partial charge on any atom is -0.355 e. The third-order valence-corrected chi connectivity index (χ3v) is 4.07. The van der Waals surface area contributed by atoms with Crippen LogP contribution in [0.1, 0.15) is 28.9 Å². The van der Waals surface area contributed by atoms with Gasteiger partial charge in [0.15, 0.2) is 11.5 Å². The summed E-state index contributed by atoms with van der Waals surface area (Å²) in [5.74, 6) is 1.22. The van der Waals surface area contributed by atoms with Crippen molar-refractivity contribution >= 4 is 17.5 Å². The van der Waals surface area contributed by atoms with Crippen LogP contribution in [0, 0.1) is 0 Å². The van der Waals surface area contributed by atoms with Gasteiger partial charge in [-0.1, -0.05) is 0 Å². The lowest BCUT2D eigenvalue weighted by Crippen LogP contribution is -2.25. The number of nitrogens with zero attached hydrogens (tertiary/aromatic N) is 6. The van der Waals surface area contributed by atoms with Crippen molar-refractivity contribution in [3.8, 4) is 0 Å². The summed E-state index contributed by atoms with van der Waals surface area (Å²) in [5.41, 5.74) is 1.20. The van der Waals surface area contributed by atoms with Crippen molar-refractivity contribution in [1.82, 2.24) is 29.9 Å². The fourth-order valence-corrected chi connectivity index (χ4v) is 2.78. The zero-order valence-electron chi connectivity index (χ0n) is 13.1. The Balaban J connectivity index is 1.40. The smallest absolute Gasteiger partial charge is 0.272 e. The second kappa shape index (κ2) is 6.23. The molecular weight excluding hydrogens is 306 g/mol. The fourth-order valence-electron chi connectivity index (χ4n) is 2.78. The second-order valence-corrected chi connectivity index (χ2v) is 5.75. The number of nitrogens with one attached hydrogen (secondary N) is 1. The maximum absolute atomic E-state index is 12.2. The number of carbonyl (C=O) groups is 1. The van der Waals surface area contributed by atoms with Gasteiger partial charge in [-0.15, -0.1) is 10.2 Å². The first-order chi connectivity index (χ1) is 11.8. The molecule has 1 fully saturated rings. The zero-order valence-corrected chi connectivity index (χ0v) is 13.1. The molecule has 1 aliphatic heterocycles. The summed E-state index contributed by atoms with van der Waals surface area (Å²) in [6, 6.07) is 3.57. The molecule has 4 rings (SSSR count). The van der Waals surface area contributed by atoms with Crippen LogP contribution in [0.3, 0.4) is 0 Å². The van der Waals surface area contributed by atoms with E-state index in [9.17, 15) is 4.79 Å². The van der Waals surface area contributed by atoms with Crippen LogP contribution in [0.2, 0.25) is 0 Å². The largest absolute Gasteiger partial charge is 0.355 e. The molecule has 1 amide bonds. The minimum atomic E-state index is -0.249. The predicted octanol–water partition coefficient (Wildman–Crippen LogP) is 1.05. The highest BCUT2D eigenvalue weighted by atomic mass is 16.1. The SMILES string of the molecule is O=C(NCc1cnc2nccn2c1)c1ccc(N2CCCC2)nn1. The van der Waals surface area contributed by atoms with E-state index in [0.717, 1.165) is 24.5 Å². The first-order valence-corrected chi connectivity index (χ1v) is 7.94. The van der Waals surface area contributed by atoms with Gasteiger partial charge < -0.3 is 10.2 Å². The van der Waals surface area contributed by atoms with Crippen LogP contribution in [0.4, 0.5) is 5.82 Å². The Bertz CT molecular complexity index is 852. The molecule has 1 saturated heterocycles. The van der Waals surface area contributed by atoms with Gasteiger partial charge in [0, 0.05) is 50.0 Å². The molecule has 0 aromatic carbocycles. The molecule has 8 nitrogen and oxygen atoms in total. The first kappa shape index (κ1) is 14.6. The van der Waals surface area contributed by atoms with Crippen LogP contribution < -0.4 is 10.2 Å². The highest BCUT2D eigenvalue weighted by molar-refractivity contribution is 5.92. The van der Waals surface area contributed by atoms with Crippen molar-refractivity contribution in [2.75, 3.05) is 18.0 Å². The van der Waals surface area contributed by atoms with Gasteiger partial charge in [0.2, 0.25) is 5.78 Å². The number of rotatable bonds is 4. The van der Waals surface area contributed by atoms with E-state index in [1.807, 2.05) is 22.9 Å². The number of carbonyl (C=O) groups excluding carboxylic acids is 1. The van der Waals surface area contributed by atoms with E-state index in [1.54, 1.807) is 18.5 Å². The summed E-state index contributed by atoms with van der Waals surface area (Å²) in [5, 5.41) is 11.0. The van der Waals surface area contributed by atoms with Crippen molar-refractivity contribution in [3.05, 3.63) is 48.2 Å². The number of fused-ring (bicyclic) bond motifs is 1. The third-order valence-electron chi connectivity index (χ3n) is 4.07. The lowest BCUT2D eigenvalue weighted by atomic mass is 10.3. The van der Waals surface area contributed by atoms with Crippen LogP contribution in [0.5, 0.6) is 0 Å². The Labute approximate surface area is 138 Å². The van der Waals surface area contributed by atoms with E-state index >= 15 is 0 Å². The summed E-state index contributed by atoms with van der Waals surface area (Å²) in [4.78, 5) is 22.7. The van der Waals surface area contributed by atoms with Gasteiger partial charge in [0.25, 0.3) is 5.91 Å². The minimum absolute atomic E-state index is 0.249. The highest BCUT2D eigenvalue weighted by Crippen LogP contribution is 2.16. The van der Waals surface area contributed by atoms with E-state index in [4.69, 9.17) is 0 Å². The summed E-state index contributed by atoms with van der Waals surface area (Å²) < 4.78 is 1.81. The maximum atomic E-state index is 12.2. The molecule has 1 N–H and O–H groups in total. The summed E-state index contributed by atoms with van der Waals surface area (Å²) in [6.07, 6.45) is 9.44. The topological polar surface area (TPSA) is 88.3 Å². The molecule has 4 heterocycles. The van der Waals surface area contributed by atoms with Crippen molar-refractivity contribution in [2.24, 2.45) is 0 Å². The normalized spacial score (nSPS) is 14.2. The summed E-state index contributed by atoms with van der Waals surface area (Å²) >= 11 is 0. The molecular formula is C16H17N7O. The van der Waals surface area contributed by atoms with E-state index in [0.29, 0.717) is 18.0 Å². The number of amides is 1. The predicted molar refractivity (Wildman–Crippen MR) is 87.6 cm³/mol. The number of hydrogen-bond donors (Lipinski definition) is 1. The number of imidazole rings is 1. The van der Waals surface area contributed by atoms with Crippen molar-refractivity contribution in [2.45, 2.75) is 19.4 Å². The number of aromatic nitrogens is 5. The lowest BCUT2D eigenvalue weighted by molar-refractivity contribution is 0.0945.